The number of imide groups is 2. The van der Waals surface area contributed by atoms with Crippen molar-refractivity contribution in [2.45, 2.75) is 51.6 Å². The van der Waals surface area contributed by atoms with Crippen LogP contribution in [0.2, 0.25) is 0 Å². The summed E-state index contributed by atoms with van der Waals surface area (Å²) in [6.07, 6.45) is 4.34. The predicted octanol–water partition coefficient (Wildman–Crippen LogP) is 2.81. The molecule has 0 atom stereocenters. The summed E-state index contributed by atoms with van der Waals surface area (Å²) in [6.45, 7) is 1.34. The number of benzene rings is 1. The van der Waals surface area contributed by atoms with E-state index in [2.05, 4.69) is 10.1 Å². The van der Waals surface area contributed by atoms with Gasteiger partial charge in [-0.2, -0.15) is 4.98 Å². The third-order valence-electron chi connectivity index (χ3n) is 5.22. The SMILES string of the molecule is Cc1ccc(-c2noc(CN3C(=O)C(=O)N(C4CCCCC4)C3=O)n2)cc1F. The number of urea groups is 1. The molecule has 1 saturated heterocycles. The quantitative estimate of drug-likeness (QED) is 0.592. The summed E-state index contributed by atoms with van der Waals surface area (Å²) in [5, 5.41) is 3.78. The summed E-state index contributed by atoms with van der Waals surface area (Å²) in [5.41, 5.74) is 0.902. The smallest absolute Gasteiger partial charge is 0.334 e. The van der Waals surface area contributed by atoms with E-state index < -0.39 is 23.7 Å². The van der Waals surface area contributed by atoms with E-state index in [9.17, 15) is 18.8 Å². The molecule has 28 heavy (non-hydrogen) atoms. The number of carbonyl (C=O) groups excluding carboxylic acids is 3. The van der Waals surface area contributed by atoms with E-state index in [1.807, 2.05) is 0 Å². The Morgan fingerprint density at radius 3 is 2.61 bits per heavy atom. The van der Waals surface area contributed by atoms with Crippen molar-refractivity contribution in [3.05, 3.63) is 35.5 Å². The molecule has 4 rings (SSSR count). The minimum absolute atomic E-state index is 0.00372. The number of aromatic nitrogens is 2. The second-order valence-corrected chi connectivity index (χ2v) is 7.12. The zero-order valence-corrected chi connectivity index (χ0v) is 15.4. The molecule has 9 heteroatoms. The molecule has 1 aliphatic heterocycles. The van der Waals surface area contributed by atoms with Crippen LogP contribution >= 0.6 is 0 Å². The molecule has 1 aromatic heterocycles. The molecule has 0 spiro atoms. The summed E-state index contributed by atoms with van der Waals surface area (Å²) >= 11 is 0. The minimum atomic E-state index is -0.892. The molecule has 8 nitrogen and oxygen atoms in total. The van der Waals surface area contributed by atoms with Crippen LogP contribution in [0.4, 0.5) is 9.18 Å². The van der Waals surface area contributed by atoms with Crippen LogP contribution in [0, 0.1) is 12.7 Å². The molecule has 2 aliphatic rings. The number of aryl methyl sites for hydroxylation is 1. The Hall–Kier alpha value is -3.10. The molecule has 0 bridgehead atoms. The average molecular weight is 386 g/mol. The maximum absolute atomic E-state index is 13.7. The monoisotopic (exact) mass is 386 g/mol. The van der Waals surface area contributed by atoms with Crippen LogP contribution in [-0.4, -0.2) is 43.8 Å². The Morgan fingerprint density at radius 1 is 1.14 bits per heavy atom. The minimum Gasteiger partial charge on any atom is -0.337 e. The van der Waals surface area contributed by atoms with E-state index >= 15 is 0 Å². The second-order valence-electron chi connectivity index (χ2n) is 7.12. The van der Waals surface area contributed by atoms with Crippen LogP contribution < -0.4 is 0 Å². The first-order valence-electron chi connectivity index (χ1n) is 9.24. The number of carbonyl (C=O) groups is 3. The van der Waals surface area contributed by atoms with Gasteiger partial charge in [0.25, 0.3) is 0 Å². The number of hydrogen-bond donors (Lipinski definition) is 0. The highest BCUT2D eigenvalue weighted by atomic mass is 19.1. The molecule has 0 unspecified atom stereocenters. The molecule has 146 valence electrons. The van der Waals surface area contributed by atoms with Gasteiger partial charge in [-0.05, 0) is 31.4 Å². The molecule has 0 N–H and O–H groups in total. The van der Waals surface area contributed by atoms with Crippen LogP contribution in [0.15, 0.2) is 22.7 Å². The van der Waals surface area contributed by atoms with Crippen LogP contribution in [0.3, 0.4) is 0 Å². The van der Waals surface area contributed by atoms with E-state index in [1.54, 1.807) is 19.1 Å². The maximum Gasteiger partial charge on any atom is 0.334 e. The van der Waals surface area contributed by atoms with Crippen LogP contribution in [0.5, 0.6) is 0 Å². The highest BCUT2D eigenvalue weighted by molar-refractivity contribution is 6.44. The second kappa shape index (κ2) is 7.14. The number of halogens is 1. The lowest BCUT2D eigenvalue weighted by Gasteiger charge is -2.28. The Labute approximate surface area is 160 Å². The highest BCUT2D eigenvalue weighted by Crippen LogP contribution is 2.28. The molecule has 1 saturated carbocycles. The highest BCUT2D eigenvalue weighted by Gasteiger charge is 2.48. The third-order valence-corrected chi connectivity index (χ3v) is 5.22. The fraction of sp³-hybridized carbons (Fsp3) is 0.421. The van der Waals surface area contributed by atoms with Gasteiger partial charge < -0.3 is 4.52 Å². The normalized spacial score (nSPS) is 18.4. The van der Waals surface area contributed by atoms with E-state index in [-0.39, 0.29) is 24.3 Å². The van der Waals surface area contributed by atoms with Gasteiger partial charge in [0.1, 0.15) is 12.4 Å². The Kier molecular flexibility index (Phi) is 4.66. The van der Waals surface area contributed by atoms with Gasteiger partial charge in [-0.15, -0.1) is 0 Å². The molecule has 1 aliphatic carbocycles. The van der Waals surface area contributed by atoms with Crippen molar-refractivity contribution in [2.24, 2.45) is 0 Å². The van der Waals surface area contributed by atoms with Gasteiger partial charge in [-0.3, -0.25) is 14.5 Å². The fourth-order valence-corrected chi connectivity index (χ4v) is 3.63. The number of hydrogen-bond acceptors (Lipinski definition) is 6. The summed E-state index contributed by atoms with van der Waals surface area (Å²) < 4.78 is 18.8. The number of nitrogens with zero attached hydrogens (tertiary/aromatic N) is 4. The van der Waals surface area contributed by atoms with Gasteiger partial charge in [0, 0.05) is 11.6 Å². The van der Waals surface area contributed by atoms with E-state index in [0.29, 0.717) is 24.0 Å². The molecule has 1 aromatic carbocycles. The zero-order chi connectivity index (χ0) is 19.8. The van der Waals surface area contributed by atoms with Crippen molar-refractivity contribution in [3.63, 3.8) is 0 Å². The maximum atomic E-state index is 13.7. The summed E-state index contributed by atoms with van der Waals surface area (Å²) in [5.74, 6) is -1.96. The first kappa shape index (κ1) is 18.3. The molecular weight excluding hydrogens is 367 g/mol. The number of amides is 4. The van der Waals surface area contributed by atoms with Gasteiger partial charge in [0.15, 0.2) is 0 Å². The predicted molar refractivity (Wildman–Crippen MR) is 94.1 cm³/mol. The lowest BCUT2D eigenvalue weighted by Crippen LogP contribution is -2.42. The average Bonchev–Trinajstić information content (AvgIpc) is 3.24. The van der Waals surface area contributed by atoms with Crippen molar-refractivity contribution >= 4 is 17.8 Å². The molecular formula is C19H19FN4O4. The topological polar surface area (TPSA) is 96.6 Å². The molecule has 0 radical (unpaired) electrons. The standard InChI is InChI=1S/C19H19FN4O4/c1-11-7-8-12(9-14(11)20)16-21-15(28-22-16)10-23-17(25)18(26)24(19(23)27)13-5-3-2-4-6-13/h7-9,13H,2-6,10H2,1H3. The first-order chi connectivity index (χ1) is 13.5. The van der Waals surface area contributed by atoms with Crippen molar-refractivity contribution in [1.29, 1.82) is 0 Å². The van der Waals surface area contributed by atoms with Crippen LogP contribution in [0.25, 0.3) is 11.4 Å². The zero-order valence-electron chi connectivity index (χ0n) is 15.4. The molecule has 2 heterocycles. The lowest BCUT2D eigenvalue weighted by atomic mass is 9.94. The summed E-state index contributed by atoms with van der Waals surface area (Å²) in [6, 6.07) is 3.63. The Bertz CT molecular complexity index is 951. The Morgan fingerprint density at radius 2 is 1.89 bits per heavy atom. The van der Waals surface area contributed by atoms with Crippen molar-refractivity contribution in [2.75, 3.05) is 0 Å². The van der Waals surface area contributed by atoms with Gasteiger partial charge >= 0.3 is 17.8 Å². The largest absolute Gasteiger partial charge is 0.337 e. The first-order valence-corrected chi connectivity index (χ1v) is 9.24. The van der Waals surface area contributed by atoms with Crippen molar-refractivity contribution < 1.29 is 23.3 Å². The van der Waals surface area contributed by atoms with Gasteiger partial charge in [0.05, 0.1) is 0 Å². The van der Waals surface area contributed by atoms with E-state index in [0.717, 1.165) is 29.1 Å². The van der Waals surface area contributed by atoms with Crippen molar-refractivity contribution in [1.82, 2.24) is 19.9 Å². The number of rotatable bonds is 4. The summed E-state index contributed by atoms with van der Waals surface area (Å²) in [7, 11) is 0. The molecule has 4 amide bonds. The van der Waals surface area contributed by atoms with Gasteiger partial charge in [-0.25, -0.2) is 14.1 Å². The van der Waals surface area contributed by atoms with E-state index in [1.165, 1.54) is 6.07 Å². The van der Waals surface area contributed by atoms with E-state index in [4.69, 9.17) is 4.52 Å². The van der Waals surface area contributed by atoms with Gasteiger partial charge in [0.2, 0.25) is 11.7 Å². The lowest BCUT2D eigenvalue weighted by molar-refractivity contribution is -0.144. The summed E-state index contributed by atoms with van der Waals surface area (Å²) in [4.78, 5) is 43.3. The third kappa shape index (κ3) is 3.17. The Balaban J connectivity index is 1.52. The fourth-order valence-electron chi connectivity index (χ4n) is 3.63. The molecule has 2 fully saturated rings. The molecule has 2 aromatic rings. The van der Waals surface area contributed by atoms with Crippen LogP contribution in [-0.2, 0) is 16.1 Å². The van der Waals surface area contributed by atoms with Gasteiger partial charge in [-0.1, -0.05) is 36.6 Å². The van der Waals surface area contributed by atoms with Crippen molar-refractivity contribution in [3.8, 4) is 11.4 Å². The van der Waals surface area contributed by atoms with Crippen LogP contribution in [0.1, 0.15) is 43.6 Å².